The number of ketones is 1. The molecule has 4 aromatic carbocycles. The lowest BCUT2D eigenvalue weighted by atomic mass is 9.64. The Balaban J connectivity index is 2.07. The minimum Gasteiger partial charge on any atom is -0.806 e. The van der Waals surface area contributed by atoms with Crippen LogP contribution in [0.15, 0.2) is 109 Å². The van der Waals surface area contributed by atoms with Gasteiger partial charge in [-0.3, -0.25) is 4.79 Å². The van der Waals surface area contributed by atoms with E-state index >= 15 is 8.78 Å². The van der Waals surface area contributed by atoms with E-state index in [-0.39, 0.29) is 17.8 Å². The second kappa shape index (κ2) is 13.2. The van der Waals surface area contributed by atoms with E-state index in [1.54, 1.807) is 32.9 Å². The number of hydrogen-bond donors (Lipinski definition) is 0. The highest BCUT2D eigenvalue weighted by Crippen LogP contribution is 2.57. The first-order valence-electron chi connectivity index (χ1n) is 15.3. The number of carbonyl (C=O) groups excluding carboxylic acids is 1. The highest BCUT2D eigenvalue weighted by atomic mass is 31.2. The van der Waals surface area contributed by atoms with Crippen molar-refractivity contribution in [3.8, 4) is 0 Å². The van der Waals surface area contributed by atoms with Crippen molar-refractivity contribution in [3.63, 3.8) is 0 Å². The van der Waals surface area contributed by atoms with Crippen LogP contribution in [0.2, 0.25) is 0 Å². The molecule has 4 rings (SSSR count). The predicted octanol–water partition coefficient (Wildman–Crippen LogP) is 8.71. The number of alkyl halides is 2. The quantitative estimate of drug-likeness (QED) is 0.128. The minimum absolute atomic E-state index is 0.100. The summed E-state index contributed by atoms with van der Waals surface area (Å²) in [6, 6.07) is 30.7. The molecule has 4 nitrogen and oxygen atoms in total. The molecule has 46 heavy (non-hydrogen) atoms. The number of Topliss-reactive ketones (excluding diaryl/α,β-unsaturated/α-hetero) is 1. The summed E-state index contributed by atoms with van der Waals surface area (Å²) in [5.74, 6) is -0.132. The lowest BCUT2D eigenvalue weighted by molar-refractivity contribution is -0.335. The molecule has 0 amide bonds. The minimum atomic E-state index is -6.36. The predicted molar refractivity (Wildman–Crippen MR) is 178 cm³/mol. The van der Waals surface area contributed by atoms with Crippen LogP contribution in [0.4, 0.5) is 8.78 Å². The van der Waals surface area contributed by atoms with Gasteiger partial charge in [0.1, 0.15) is 0 Å². The van der Waals surface area contributed by atoms with Gasteiger partial charge in [-0.2, -0.15) is 8.78 Å². The molecule has 0 aliphatic carbocycles. The third kappa shape index (κ3) is 7.31. The number of benzene rings is 4. The van der Waals surface area contributed by atoms with E-state index in [0.29, 0.717) is 23.1 Å². The fourth-order valence-corrected chi connectivity index (χ4v) is 6.81. The van der Waals surface area contributed by atoms with Crippen LogP contribution in [0.3, 0.4) is 0 Å². The van der Waals surface area contributed by atoms with Crippen molar-refractivity contribution in [1.82, 2.24) is 0 Å². The van der Waals surface area contributed by atoms with Gasteiger partial charge < -0.3 is 14.4 Å². The maximum Gasteiger partial charge on any atom is 0.297 e. The van der Waals surface area contributed by atoms with Gasteiger partial charge in [-0.1, -0.05) is 157 Å². The number of hydrogen-bond acceptors (Lipinski definition) is 4. The fourth-order valence-electron chi connectivity index (χ4n) is 6.33. The largest absolute Gasteiger partial charge is 0.806 e. The van der Waals surface area contributed by atoms with Crippen LogP contribution in [0.25, 0.3) is 6.08 Å². The maximum absolute atomic E-state index is 15.5. The Kier molecular flexibility index (Phi) is 10.1. The molecule has 0 saturated heterocycles. The van der Waals surface area contributed by atoms with E-state index < -0.39 is 35.1 Å². The van der Waals surface area contributed by atoms with E-state index in [9.17, 15) is 19.1 Å². The van der Waals surface area contributed by atoms with Crippen LogP contribution in [0.5, 0.6) is 0 Å². The monoisotopic (exact) mass is 642 g/mol. The van der Waals surface area contributed by atoms with Crippen LogP contribution in [0, 0.1) is 0 Å². The Labute approximate surface area is 271 Å². The topological polar surface area (TPSA) is 80.3 Å². The van der Waals surface area contributed by atoms with Crippen LogP contribution in [-0.4, -0.2) is 5.78 Å². The highest BCUT2D eigenvalue weighted by Gasteiger charge is 2.45. The molecule has 4 aromatic rings. The Bertz CT molecular complexity index is 1730. The summed E-state index contributed by atoms with van der Waals surface area (Å²) in [5.41, 5.74) is -4.88. The Hall–Kier alpha value is -3.70. The zero-order valence-corrected chi connectivity index (χ0v) is 28.1. The van der Waals surface area contributed by atoms with Gasteiger partial charge in [0.25, 0.3) is 5.66 Å². The molecule has 242 valence electrons. The number of halogens is 2. The van der Waals surface area contributed by atoms with E-state index in [0.717, 1.165) is 17.2 Å². The first-order chi connectivity index (χ1) is 21.4. The average molecular weight is 643 g/mol. The lowest BCUT2D eigenvalue weighted by Crippen LogP contribution is -2.40. The van der Waals surface area contributed by atoms with Crippen molar-refractivity contribution >= 4 is 19.5 Å². The van der Waals surface area contributed by atoms with Gasteiger partial charge in [0.2, 0.25) is 0 Å². The van der Waals surface area contributed by atoms with Gasteiger partial charge in [0.15, 0.2) is 5.78 Å². The molecular formula is C39H41F2O4P-2. The van der Waals surface area contributed by atoms with E-state index in [1.807, 2.05) is 112 Å². The maximum atomic E-state index is 15.5. The fraction of sp³-hybridized carbons (Fsp3) is 0.308. The van der Waals surface area contributed by atoms with Crippen molar-refractivity contribution < 1.29 is 27.9 Å². The van der Waals surface area contributed by atoms with Gasteiger partial charge in [-0.05, 0) is 51.5 Å². The molecule has 1 atom stereocenters. The second-order valence-electron chi connectivity index (χ2n) is 13.9. The van der Waals surface area contributed by atoms with Crippen molar-refractivity contribution in [1.29, 1.82) is 0 Å². The summed E-state index contributed by atoms with van der Waals surface area (Å²) >= 11 is 0. The summed E-state index contributed by atoms with van der Waals surface area (Å²) < 4.78 is 42.9. The van der Waals surface area contributed by atoms with Gasteiger partial charge >= 0.3 is 0 Å². The first-order valence-corrected chi connectivity index (χ1v) is 16.9. The molecule has 0 N–H and O–H groups in total. The third-order valence-corrected chi connectivity index (χ3v) is 9.25. The van der Waals surface area contributed by atoms with E-state index in [4.69, 9.17) is 0 Å². The lowest BCUT2D eigenvalue weighted by Gasteiger charge is -2.43. The van der Waals surface area contributed by atoms with Crippen LogP contribution in [0.1, 0.15) is 91.7 Å². The summed E-state index contributed by atoms with van der Waals surface area (Å²) in [7, 11) is -6.36. The van der Waals surface area contributed by atoms with Gasteiger partial charge in [0, 0.05) is 18.7 Å². The molecular weight excluding hydrogens is 601 g/mol. The van der Waals surface area contributed by atoms with Crippen LogP contribution >= 0.6 is 7.60 Å². The molecule has 0 aromatic heterocycles. The summed E-state index contributed by atoms with van der Waals surface area (Å²) in [4.78, 5) is 38.7. The smallest absolute Gasteiger partial charge is 0.297 e. The summed E-state index contributed by atoms with van der Waals surface area (Å²) in [5, 5.41) is 0. The zero-order valence-electron chi connectivity index (χ0n) is 27.2. The van der Waals surface area contributed by atoms with E-state index in [1.165, 1.54) is 6.07 Å². The van der Waals surface area contributed by atoms with Crippen molar-refractivity contribution in [2.24, 2.45) is 0 Å². The third-order valence-electron chi connectivity index (χ3n) is 8.33. The molecule has 0 bridgehead atoms. The normalized spacial score (nSPS) is 14.3. The standard InChI is InChI=1S/C39H43F2O4P/c1-36(2,3)33-30(24-25-32(34(33)37(4,5)6)39(40,41)46(43,44)45)27-38(31-22-14-9-15-23-31,35(42)29-20-12-8-13-21-29)26-16-19-28-17-10-7-11-18-28/h7-25H,26-27H2,1-6H3,(H2,43,44,45)/p-2/b19-16+. The molecule has 0 spiro atoms. The number of rotatable bonds is 10. The molecule has 0 fully saturated rings. The van der Waals surface area contributed by atoms with Crippen molar-refractivity contribution in [2.45, 2.75) is 76.3 Å². The summed E-state index contributed by atoms with van der Waals surface area (Å²) in [6.45, 7) is 10.8. The number of carbonyl (C=O) groups is 1. The zero-order chi connectivity index (χ0) is 34.0. The van der Waals surface area contributed by atoms with E-state index in [2.05, 4.69) is 0 Å². The molecule has 0 aliphatic rings. The van der Waals surface area contributed by atoms with Gasteiger partial charge in [-0.25, -0.2) is 0 Å². The van der Waals surface area contributed by atoms with Crippen molar-refractivity contribution in [2.75, 3.05) is 0 Å². The highest BCUT2D eigenvalue weighted by molar-refractivity contribution is 7.49. The molecule has 1 unspecified atom stereocenters. The van der Waals surface area contributed by atoms with Crippen LogP contribution in [-0.2, 0) is 32.9 Å². The molecule has 0 saturated carbocycles. The molecule has 7 heteroatoms. The number of allylic oxidation sites excluding steroid dienone is 1. The SMILES string of the molecule is CC(C)(C)c1c(CC(C/C=C/c2ccccc2)(C(=O)c2ccccc2)c2ccccc2)ccc(C(F)(F)P(=O)([O-])[O-])c1C(C)(C)C. The summed E-state index contributed by atoms with van der Waals surface area (Å²) in [6.07, 6.45) is 4.36. The van der Waals surface area contributed by atoms with Crippen molar-refractivity contribution in [3.05, 3.63) is 148 Å². The Morgan fingerprint density at radius 2 is 1.22 bits per heavy atom. The molecule has 0 aliphatic heterocycles. The Morgan fingerprint density at radius 1 is 0.717 bits per heavy atom. The second-order valence-corrected chi connectivity index (χ2v) is 15.5. The van der Waals surface area contributed by atoms with Gasteiger partial charge in [-0.15, -0.1) is 0 Å². The first kappa shape index (κ1) is 35.2. The Morgan fingerprint density at radius 3 is 1.72 bits per heavy atom. The molecule has 0 radical (unpaired) electrons. The average Bonchev–Trinajstić information content (AvgIpc) is 2.99. The molecule has 0 heterocycles. The van der Waals surface area contributed by atoms with Gasteiger partial charge in [0.05, 0.1) is 5.41 Å². The van der Waals surface area contributed by atoms with Crippen LogP contribution < -0.4 is 9.79 Å².